The lowest BCUT2D eigenvalue weighted by Gasteiger charge is -2.45. The van der Waals surface area contributed by atoms with Gasteiger partial charge in [0.1, 0.15) is 22.8 Å². The fraction of sp³-hybridized carbons (Fsp3) is 0.303. The van der Waals surface area contributed by atoms with E-state index < -0.39 is 17.4 Å². The van der Waals surface area contributed by atoms with E-state index in [0.717, 1.165) is 6.54 Å². The third-order valence-corrected chi connectivity index (χ3v) is 8.39. The SMILES string of the molecule is Cc1cc(CN2C(=O)N(c3cccc(F)c3)C3(CCN(Cc4cccc(-c5ccccc5C)c4)[C@@H](C)C3)C2=O)no1. The Morgan fingerprint density at radius 1 is 0.976 bits per heavy atom. The molecule has 6 rings (SSSR count). The molecule has 0 aliphatic carbocycles. The van der Waals surface area contributed by atoms with Crippen LogP contribution in [0.15, 0.2) is 83.4 Å². The second-order valence-electron chi connectivity index (χ2n) is 11.2. The van der Waals surface area contributed by atoms with Crippen molar-refractivity contribution in [3.63, 3.8) is 0 Å². The Hall–Kier alpha value is -4.30. The van der Waals surface area contributed by atoms with E-state index in [1.807, 2.05) is 6.07 Å². The number of nitrogens with zero attached hydrogens (tertiary/aromatic N) is 4. The van der Waals surface area contributed by atoms with Gasteiger partial charge in [-0.25, -0.2) is 9.18 Å². The number of amides is 3. The van der Waals surface area contributed by atoms with Crippen LogP contribution in [-0.2, 0) is 17.9 Å². The van der Waals surface area contributed by atoms with Gasteiger partial charge in [0.2, 0.25) is 0 Å². The molecule has 2 aliphatic rings. The smallest absolute Gasteiger partial charge is 0.332 e. The van der Waals surface area contributed by atoms with Gasteiger partial charge >= 0.3 is 6.03 Å². The third-order valence-electron chi connectivity index (χ3n) is 8.39. The number of rotatable bonds is 6. The minimum atomic E-state index is -1.11. The van der Waals surface area contributed by atoms with Gasteiger partial charge in [-0.2, -0.15) is 0 Å². The van der Waals surface area contributed by atoms with Crippen molar-refractivity contribution in [2.24, 2.45) is 0 Å². The van der Waals surface area contributed by atoms with E-state index in [2.05, 4.69) is 66.4 Å². The third kappa shape index (κ3) is 4.93. The molecular weight excluding hydrogens is 519 g/mol. The molecule has 0 radical (unpaired) electrons. The summed E-state index contributed by atoms with van der Waals surface area (Å²) in [5.74, 6) is -0.132. The molecule has 1 aromatic heterocycles. The molecule has 0 N–H and O–H groups in total. The maximum atomic E-state index is 14.3. The van der Waals surface area contributed by atoms with E-state index in [0.29, 0.717) is 36.5 Å². The summed E-state index contributed by atoms with van der Waals surface area (Å²) >= 11 is 0. The van der Waals surface area contributed by atoms with E-state index in [9.17, 15) is 14.0 Å². The van der Waals surface area contributed by atoms with E-state index in [1.165, 1.54) is 44.2 Å². The number of carbonyl (C=O) groups excluding carboxylic acids is 2. The van der Waals surface area contributed by atoms with E-state index in [1.54, 1.807) is 25.1 Å². The topological polar surface area (TPSA) is 69.9 Å². The summed E-state index contributed by atoms with van der Waals surface area (Å²) < 4.78 is 19.5. The minimum absolute atomic E-state index is 0.00631. The highest BCUT2D eigenvalue weighted by molar-refractivity contribution is 6.16. The standard InChI is InChI=1S/C33H33FN4O3/c1-22-8-4-5-13-30(22)26-10-6-9-25(17-26)20-36-15-14-33(19-23(36)2)31(39)37(21-28-16-24(3)41-35-28)32(40)38(33)29-12-7-11-27(34)18-29/h4-13,16-18,23H,14-15,19-21H2,1-3H3/t23-,33?/m0/s1. The molecule has 3 amide bonds. The van der Waals surface area contributed by atoms with Gasteiger partial charge in [0.15, 0.2) is 0 Å². The Kier molecular flexibility index (Phi) is 6.95. The van der Waals surface area contributed by atoms with Crippen LogP contribution in [0.4, 0.5) is 14.9 Å². The first-order valence-electron chi connectivity index (χ1n) is 14.0. The van der Waals surface area contributed by atoms with Gasteiger partial charge in [-0.15, -0.1) is 0 Å². The second-order valence-corrected chi connectivity index (χ2v) is 11.2. The van der Waals surface area contributed by atoms with Gasteiger partial charge in [0.05, 0.1) is 6.54 Å². The first kappa shape index (κ1) is 26.9. The molecular formula is C33H33FN4O3. The van der Waals surface area contributed by atoms with Crippen LogP contribution in [0.5, 0.6) is 0 Å². The molecule has 210 valence electrons. The highest BCUT2D eigenvalue weighted by Crippen LogP contribution is 2.43. The molecule has 4 aromatic rings. The molecule has 2 atom stereocenters. The Morgan fingerprint density at radius 3 is 2.51 bits per heavy atom. The highest BCUT2D eigenvalue weighted by atomic mass is 19.1. The number of hydrogen-bond acceptors (Lipinski definition) is 5. The lowest BCUT2D eigenvalue weighted by atomic mass is 9.81. The molecule has 2 aliphatic heterocycles. The molecule has 41 heavy (non-hydrogen) atoms. The van der Waals surface area contributed by atoms with Crippen LogP contribution in [-0.4, -0.2) is 45.0 Å². The molecule has 2 fully saturated rings. The lowest BCUT2D eigenvalue weighted by molar-refractivity contribution is -0.133. The number of anilines is 1. The fourth-order valence-electron chi connectivity index (χ4n) is 6.37. The Labute approximate surface area is 239 Å². The van der Waals surface area contributed by atoms with Gasteiger partial charge in [-0.1, -0.05) is 53.7 Å². The van der Waals surface area contributed by atoms with E-state index in [-0.39, 0.29) is 18.5 Å². The van der Waals surface area contributed by atoms with Crippen LogP contribution in [0.2, 0.25) is 0 Å². The van der Waals surface area contributed by atoms with Crippen LogP contribution in [0.25, 0.3) is 11.1 Å². The van der Waals surface area contributed by atoms with Crippen molar-refractivity contribution in [3.8, 4) is 11.1 Å². The number of likely N-dealkylation sites (tertiary alicyclic amines) is 1. The van der Waals surface area contributed by atoms with Crippen molar-refractivity contribution in [3.05, 3.63) is 107 Å². The highest BCUT2D eigenvalue weighted by Gasteiger charge is 2.59. The number of halogens is 1. The molecule has 7 nitrogen and oxygen atoms in total. The Balaban J connectivity index is 1.28. The Bertz CT molecular complexity index is 1620. The predicted molar refractivity (Wildman–Crippen MR) is 155 cm³/mol. The number of imide groups is 1. The molecule has 3 aromatic carbocycles. The second kappa shape index (κ2) is 10.6. The van der Waals surface area contributed by atoms with Crippen LogP contribution < -0.4 is 4.90 Å². The zero-order valence-electron chi connectivity index (χ0n) is 23.5. The minimum Gasteiger partial charge on any atom is -0.361 e. The molecule has 2 saturated heterocycles. The van der Waals surface area contributed by atoms with E-state index >= 15 is 0 Å². The van der Waals surface area contributed by atoms with Gasteiger partial charge in [0.25, 0.3) is 5.91 Å². The number of carbonyl (C=O) groups is 2. The van der Waals surface area contributed by atoms with Gasteiger partial charge in [0, 0.05) is 30.9 Å². The quantitative estimate of drug-likeness (QED) is 0.256. The van der Waals surface area contributed by atoms with Gasteiger partial charge < -0.3 is 4.52 Å². The summed E-state index contributed by atoms with van der Waals surface area (Å²) in [6.45, 7) is 7.31. The molecule has 0 saturated carbocycles. The maximum absolute atomic E-state index is 14.3. The largest absolute Gasteiger partial charge is 0.361 e. The number of aromatic nitrogens is 1. The lowest BCUT2D eigenvalue weighted by Crippen LogP contribution is -2.59. The van der Waals surface area contributed by atoms with Crippen molar-refractivity contribution in [2.45, 2.75) is 58.3 Å². The first-order valence-corrected chi connectivity index (χ1v) is 14.0. The van der Waals surface area contributed by atoms with Crippen molar-refractivity contribution in [2.75, 3.05) is 11.4 Å². The van der Waals surface area contributed by atoms with Gasteiger partial charge in [-0.3, -0.25) is 19.5 Å². The van der Waals surface area contributed by atoms with E-state index in [4.69, 9.17) is 4.52 Å². The monoisotopic (exact) mass is 552 g/mol. The summed E-state index contributed by atoms with van der Waals surface area (Å²) in [6, 6.07) is 24.1. The summed E-state index contributed by atoms with van der Waals surface area (Å²) in [6.07, 6.45) is 0.865. The summed E-state index contributed by atoms with van der Waals surface area (Å²) in [4.78, 5) is 33.0. The van der Waals surface area contributed by atoms with Crippen LogP contribution in [0.1, 0.15) is 42.3 Å². The van der Waals surface area contributed by atoms with Gasteiger partial charge in [-0.05, 0) is 80.1 Å². The zero-order chi connectivity index (χ0) is 28.7. The van der Waals surface area contributed by atoms with Crippen LogP contribution >= 0.6 is 0 Å². The number of piperidine rings is 1. The molecule has 1 spiro atoms. The summed E-state index contributed by atoms with van der Waals surface area (Å²) in [5.41, 5.74) is 4.58. The maximum Gasteiger partial charge on any atom is 0.332 e. The van der Waals surface area contributed by atoms with Crippen molar-refractivity contribution < 1.29 is 18.5 Å². The number of aryl methyl sites for hydroxylation is 2. The van der Waals surface area contributed by atoms with Crippen LogP contribution in [0.3, 0.4) is 0 Å². The summed E-state index contributed by atoms with van der Waals surface area (Å²) in [5, 5.41) is 3.99. The average molecular weight is 553 g/mol. The van der Waals surface area contributed by atoms with Crippen LogP contribution in [0, 0.1) is 19.7 Å². The number of hydrogen-bond donors (Lipinski definition) is 0. The molecule has 3 heterocycles. The van der Waals surface area contributed by atoms with Crippen molar-refractivity contribution in [1.82, 2.24) is 15.0 Å². The molecule has 8 heteroatoms. The average Bonchev–Trinajstić information content (AvgIpc) is 3.45. The Morgan fingerprint density at radius 2 is 1.78 bits per heavy atom. The zero-order valence-corrected chi connectivity index (χ0v) is 23.5. The summed E-state index contributed by atoms with van der Waals surface area (Å²) in [7, 11) is 0. The number of urea groups is 1. The fourth-order valence-corrected chi connectivity index (χ4v) is 6.37. The van der Waals surface area contributed by atoms with Crippen molar-refractivity contribution in [1.29, 1.82) is 0 Å². The first-order chi connectivity index (χ1) is 19.7. The van der Waals surface area contributed by atoms with Crippen molar-refractivity contribution >= 4 is 17.6 Å². The molecule has 0 bridgehead atoms. The molecule has 1 unspecified atom stereocenters. The number of benzene rings is 3. The predicted octanol–water partition coefficient (Wildman–Crippen LogP) is 6.49. The normalized spacial score (nSPS) is 21.3.